The Morgan fingerprint density at radius 1 is 0.808 bits per heavy atom. The lowest BCUT2D eigenvalue weighted by Crippen LogP contribution is -2.27. The molecule has 0 saturated carbocycles. The van der Waals surface area contributed by atoms with Gasteiger partial charge in [-0.2, -0.15) is 16.8 Å². The maximum Gasteiger partial charge on any atom is 0.306 e. The summed E-state index contributed by atoms with van der Waals surface area (Å²) in [7, 11) is -7.29. The second kappa shape index (κ2) is 8.19. The Balaban J connectivity index is 1.63. The third kappa shape index (κ3) is 6.18. The molecular weight excluding hydrogens is 392 g/mol. The van der Waals surface area contributed by atoms with E-state index in [1.165, 1.54) is 13.8 Å². The van der Waals surface area contributed by atoms with Gasteiger partial charge >= 0.3 is 11.9 Å². The predicted octanol–water partition coefficient (Wildman–Crippen LogP) is -0.133. The van der Waals surface area contributed by atoms with Crippen LogP contribution < -0.4 is 0 Å². The zero-order valence-corrected chi connectivity index (χ0v) is 16.1. The summed E-state index contributed by atoms with van der Waals surface area (Å²) in [5, 5.41) is 0. The van der Waals surface area contributed by atoms with Crippen molar-refractivity contribution in [1.29, 1.82) is 0 Å². The molecule has 150 valence electrons. The highest BCUT2D eigenvalue weighted by Gasteiger charge is 2.39. The van der Waals surface area contributed by atoms with Crippen LogP contribution in [0.5, 0.6) is 0 Å². The van der Waals surface area contributed by atoms with Gasteiger partial charge in [-0.1, -0.05) is 0 Å². The lowest BCUT2D eigenvalue weighted by atomic mass is 10.2. The van der Waals surface area contributed by atoms with Crippen LogP contribution in [0.25, 0.3) is 0 Å². The molecule has 10 nitrogen and oxygen atoms in total. The maximum absolute atomic E-state index is 11.7. The van der Waals surface area contributed by atoms with E-state index in [4.69, 9.17) is 9.47 Å². The van der Waals surface area contributed by atoms with Crippen molar-refractivity contribution in [2.75, 3.05) is 11.5 Å². The Kier molecular flexibility index (Phi) is 6.64. The lowest BCUT2D eigenvalue weighted by molar-refractivity contribution is -0.152. The number of unbranched alkanes of at least 4 members (excludes halogenated alkanes) is 1. The fourth-order valence-corrected chi connectivity index (χ4v) is 5.41. The molecule has 0 aromatic heterocycles. The van der Waals surface area contributed by atoms with Crippen LogP contribution in [0.1, 0.15) is 39.5 Å². The van der Waals surface area contributed by atoms with Crippen molar-refractivity contribution in [3.05, 3.63) is 0 Å². The smallest absolute Gasteiger partial charge is 0.306 e. The van der Waals surface area contributed by atoms with Gasteiger partial charge in [-0.25, -0.2) is 0 Å². The summed E-state index contributed by atoms with van der Waals surface area (Å²) in [6.45, 7) is 3.01. The Morgan fingerprint density at radius 3 is 1.42 bits per heavy atom. The summed E-state index contributed by atoms with van der Waals surface area (Å²) in [6, 6.07) is 0. The monoisotopic (exact) mass is 414 g/mol. The summed E-state index contributed by atoms with van der Waals surface area (Å²) >= 11 is 0. The molecule has 0 aromatic carbocycles. The summed E-state index contributed by atoms with van der Waals surface area (Å²) in [6.07, 6.45) is -2.36. The van der Waals surface area contributed by atoms with E-state index >= 15 is 0 Å². The van der Waals surface area contributed by atoms with Crippen molar-refractivity contribution in [3.63, 3.8) is 0 Å². The van der Waals surface area contributed by atoms with Gasteiger partial charge in [0.25, 0.3) is 20.2 Å². The SMILES string of the molecule is CC1OS(=O)(=O)CC1OC(=O)CCCCC(=O)OC1CS(=O)(=O)OC1C. The molecule has 2 heterocycles. The summed E-state index contributed by atoms with van der Waals surface area (Å²) < 4.78 is 64.6. The van der Waals surface area contributed by atoms with Crippen molar-refractivity contribution in [2.45, 2.75) is 63.9 Å². The number of hydrogen-bond donors (Lipinski definition) is 0. The minimum absolute atomic E-state index is 0.0217. The molecule has 0 radical (unpaired) electrons. The summed E-state index contributed by atoms with van der Waals surface area (Å²) in [4.78, 5) is 23.4. The third-order valence-electron chi connectivity index (χ3n) is 3.96. The van der Waals surface area contributed by atoms with Crippen LogP contribution in [0.3, 0.4) is 0 Å². The van der Waals surface area contributed by atoms with Crippen molar-refractivity contribution < 1.29 is 44.3 Å². The highest BCUT2D eigenvalue weighted by molar-refractivity contribution is 7.87. The van der Waals surface area contributed by atoms with Crippen LogP contribution in [0.15, 0.2) is 0 Å². The highest BCUT2D eigenvalue weighted by atomic mass is 32.2. The number of carbonyl (C=O) groups excluding carboxylic acids is 2. The van der Waals surface area contributed by atoms with Gasteiger partial charge in [-0.15, -0.1) is 0 Å². The van der Waals surface area contributed by atoms with Gasteiger partial charge in [0.1, 0.15) is 35.9 Å². The molecule has 2 rings (SSSR count). The first-order chi connectivity index (χ1) is 12.0. The normalized spacial score (nSPS) is 32.2. The second-order valence-electron chi connectivity index (χ2n) is 6.32. The Bertz CT molecular complexity index is 678. The standard InChI is InChI=1S/C14H22O10S2/c1-9-11(7-25(17,18)23-9)21-13(15)5-3-4-6-14(16)22-12-8-26(19,20)24-10(12)2/h9-12H,3-8H2,1-2H3. The van der Waals surface area contributed by atoms with Crippen LogP contribution in [0, 0.1) is 0 Å². The average molecular weight is 414 g/mol. The Morgan fingerprint density at radius 2 is 1.15 bits per heavy atom. The lowest BCUT2D eigenvalue weighted by Gasteiger charge is -2.14. The quantitative estimate of drug-likeness (QED) is 0.314. The molecule has 12 heteroatoms. The highest BCUT2D eigenvalue weighted by Crippen LogP contribution is 2.21. The number of ether oxygens (including phenoxy) is 2. The largest absolute Gasteiger partial charge is 0.458 e. The number of esters is 2. The molecule has 0 amide bonds. The van der Waals surface area contributed by atoms with Crippen LogP contribution in [0.2, 0.25) is 0 Å². The van der Waals surface area contributed by atoms with E-state index in [-0.39, 0.29) is 24.3 Å². The molecule has 0 aromatic rings. The summed E-state index contributed by atoms with van der Waals surface area (Å²) in [5.41, 5.74) is 0. The van der Waals surface area contributed by atoms with Gasteiger partial charge in [0.2, 0.25) is 0 Å². The minimum Gasteiger partial charge on any atom is -0.458 e. The molecule has 2 saturated heterocycles. The molecule has 0 spiro atoms. The Hall–Kier alpha value is -1.24. The first-order valence-corrected chi connectivity index (χ1v) is 11.3. The van der Waals surface area contributed by atoms with Crippen LogP contribution in [-0.2, 0) is 47.7 Å². The van der Waals surface area contributed by atoms with Crippen LogP contribution in [-0.4, -0.2) is 64.7 Å². The first-order valence-electron chi connectivity index (χ1n) is 8.18. The molecule has 0 bridgehead atoms. The number of rotatable bonds is 7. The Labute approximate surface area is 152 Å². The van der Waals surface area contributed by atoms with Gasteiger partial charge in [-0.05, 0) is 26.7 Å². The second-order valence-corrected chi connectivity index (χ2v) is 9.60. The van der Waals surface area contributed by atoms with Gasteiger partial charge in [0, 0.05) is 12.8 Å². The fraction of sp³-hybridized carbons (Fsp3) is 0.857. The van der Waals surface area contributed by atoms with E-state index in [1.54, 1.807) is 0 Å². The van der Waals surface area contributed by atoms with E-state index in [0.29, 0.717) is 12.8 Å². The third-order valence-corrected chi connectivity index (χ3v) is 6.63. The average Bonchev–Trinajstić information content (AvgIpc) is 2.88. The molecule has 0 aliphatic carbocycles. The van der Waals surface area contributed by atoms with Gasteiger partial charge < -0.3 is 9.47 Å². The van der Waals surface area contributed by atoms with Crippen LogP contribution >= 0.6 is 0 Å². The topological polar surface area (TPSA) is 139 Å². The van der Waals surface area contributed by atoms with Gasteiger partial charge in [0.05, 0.1) is 0 Å². The molecule has 2 aliphatic heterocycles. The molecular formula is C14H22O10S2. The van der Waals surface area contributed by atoms with E-state index in [0.717, 1.165) is 0 Å². The van der Waals surface area contributed by atoms with Gasteiger partial charge in [0.15, 0.2) is 0 Å². The van der Waals surface area contributed by atoms with Crippen molar-refractivity contribution in [2.24, 2.45) is 0 Å². The minimum atomic E-state index is -3.64. The summed E-state index contributed by atoms with van der Waals surface area (Å²) in [5.74, 6) is -1.87. The predicted molar refractivity (Wildman–Crippen MR) is 86.9 cm³/mol. The fourth-order valence-electron chi connectivity index (χ4n) is 2.59. The molecule has 2 aliphatic rings. The van der Waals surface area contributed by atoms with Gasteiger partial charge in [-0.3, -0.25) is 18.0 Å². The van der Waals surface area contributed by atoms with Crippen LogP contribution in [0.4, 0.5) is 0 Å². The van der Waals surface area contributed by atoms with Crippen molar-refractivity contribution in [3.8, 4) is 0 Å². The maximum atomic E-state index is 11.7. The molecule has 26 heavy (non-hydrogen) atoms. The zero-order valence-electron chi connectivity index (χ0n) is 14.5. The molecule has 2 fully saturated rings. The van der Waals surface area contributed by atoms with E-state index in [2.05, 4.69) is 8.37 Å². The zero-order chi connectivity index (χ0) is 19.5. The number of carbonyl (C=O) groups is 2. The van der Waals surface area contributed by atoms with Crippen molar-refractivity contribution in [1.82, 2.24) is 0 Å². The first kappa shape index (κ1) is 21.1. The molecule has 4 unspecified atom stereocenters. The van der Waals surface area contributed by atoms with E-state index < -0.39 is 56.6 Å². The van der Waals surface area contributed by atoms with E-state index in [9.17, 15) is 26.4 Å². The molecule has 0 N–H and O–H groups in total. The molecule has 4 atom stereocenters. The van der Waals surface area contributed by atoms with Crippen molar-refractivity contribution >= 4 is 32.2 Å². The number of hydrogen-bond acceptors (Lipinski definition) is 10. The van der Waals surface area contributed by atoms with E-state index in [1.807, 2.05) is 0 Å².